The van der Waals surface area contributed by atoms with Crippen LogP contribution in [0.15, 0.2) is 107 Å². The normalized spacial score (nSPS) is 12.0. The standard InChI is InChI=1S/2C11H12.5C10H11N.7C2H6/c2*1-8-6-7-10-4-3-5-11(10)9(8)2;1-7-3-4-9-5-11-6-10(9)8(7)2;1-7-3-4-10-9(8(7)2)5-6-11-10;2*1-7-8(2)11-6-9-4-3-5-10(7)9;1-7-6-11-10-5-3-4-9(10)8(7)2;7*1-2/h3,5-7H,4H2,1-2H3;3-4,6-7H,5H2,1-2H3;3-5H,6H2,1-2H3;3-4,6H,5H2,1-2H3;3,5-6H,4H2,1-2H3;3-4,6H,5H2,1-2H3;3,5-6H,4H2,1-2H3;7*1-2H3. The first kappa shape index (κ1) is 81.4. The lowest BCUT2D eigenvalue weighted by Crippen LogP contribution is -1.93. The summed E-state index contributed by atoms with van der Waals surface area (Å²) in [6.45, 7) is 58.9. The largest absolute Gasteiger partial charge is 0.288 e. The molecular formula is C86H121N5. The van der Waals surface area contributed by atoms with E-state index in [0.29, 0.717) is 0 Å². The van der Waals surface area contributed by atoms with Gasteiger partial charge >= 0.3 is 0 Å². The molecule has 7 aromatic rings. The summed E-state index contributed by atoms with van der Waals surface area (Å²) in [7, 11) is 0. The molecule has 0 bridgehead atoms. The quantitative estimate of drug-likeness (QED) is 0.152. The van der Waals surface area contributed by atoms with Crippen molar-refractivity contribution in [3.63, 3.8) is 0 Å². The van der Waals surface area contributed by atoms with Crippen molar-refractivity contribution in [3.05, 3.63) is 248 Å². The van der Waals surface area contributed by atoms with Crippen molar-refractivity contribution in [1.29, 1.82) is 0 Å². The van der Waals surface area contributed by atoms with E-state index in [1.54, 1.807) is 0 Å². The number of rotatable bonds is 0. The number of fused-ring (bicyclic) bond motifs is 7. The third-order valence-corrected chi connectivity index (χ3v) is 16.8. The molecule has 0 N–H and O–H groups in total. The number of benzene rings is 4. The third-order valence-electron chi connectivity index (χ3n) is 16.8. The van der Waals surface area contributed by atoms with E-state index < -0.39 is 0 Å². The number of nitrogens with zero attached hydrogens (tertiary/aromatic N) is 5. The van der Waals surface area contributed by atoms with Crippen LogP contribution in [0.1, 0.15) is 248 Å². The van der Waals surface area contributed by atoms with Gasteiger partial charge in [0.2, 0.25) is 0 Å². The van der Waals surface area contributed by atoms with Gasteiger partial charge < -0.3 is 0 Å². The average molecular weight is 1220 g/mol. The Balaban J connectivity index is 0.000000514. The summed E-state index contributed by atoms with van der Waals surface area (Å²) in [5, 5.41) is 0. The minimum Gasteiger partial charge on any atom is -0.288 e. The Morgan fingerprint density at radius 2 is 0.736 bits per heavy atom. The lowest BCUT2D eigenvalue weighted by Gasteiger charge is -2.06. The zero-order valence-electron chi connectivity index (χ0n) is 62.5. The number of aryl methyl sites for hydroxylation is 7. The van der Waals surface area contributed by atoms with E-state index in [9.17, 15) is 0 Å². The molecular weight excluding hydrogens is 1100 g/mol. The highest BCUT2D eigenvalue weighted by atomic mass is 14.7. The molecule has 2 aliphatic heterocycles. The second-order valence-corrected chi connectivity index (χ2v) is 21.5. The van der Waals surface area contributed by atoms with Crippen LogP contribution < -0.4 is 0 Å². The van der Waals surface area contributed by atoms with Gasteiger partial charge in [0.05, 0.1) is 17.9 Å². The van der Waals surface area contributed by atoms with Crippen molar-refractivity contribution in [2.75, 3.05) is 0 Å². The molecule has 4 aromatic carbocycles. The zero-order chi connectivity index (χ0) is 68.9. The molecule has 0 saturated carbocycles. The van der Waals surface area contributed by atoms with E-state index in [-0.39, 0.29) is 0 Å². The van der Waals surface area contributed by atoms with E-state index in [0.717, 1.165) is 67.8 Å². The molecule has 0 radical (unpaired) electrons. The fraction of sp³-hybridized carbons (Fsp3) is 0.407. The Bertz CT molecular complexity index is 3130. The van der Waals surface area contributed by atoms with Gasteiger partial charge in [0.25, 0.3) is 0 Å². The summed E-state index contributed by atoms with van der Waals surface area (Å²) in [6, 6.07) is 17.4. The molecule has 0 saturated heterocycles. The van der Waals surface area contributed by atoms with Gasteiger partial charge in [0, 0.05) is 48.8 Å². The Morgan fingerprint density at radius 1 is 0.297 bits per heavy atom. The maximum absolute atomic E-state index is 4.33. The monoisotopic (exact) mass is 1220 g/mol. The van der Waals surface area contributed by atoms with Crippen LogP contribution in [-0.4, -0.2) is 27.4 Å². The van der Waals surface area contributed by atoms with Gasteiger partial charge in [-0.2, -0.15) is 0 Å². The minimum atomic E-state index is 0.878. The predicted molar refractivity (Wildman–Crippen MR) is 411 cm³/mol. The van der Waals surface area contributed by atoms with Crippen molar-refractivity contribution < 1.29 is 0 Å². The van der Waals surface area contributed by atoms with Crippen LogP contribution in [0.2, 0.25) is 0 Å². The molecule has 490 valence electrons. The highest BCUT2D eigenvalue weighted by Crippen LogP contribution is 2.30. The average Bonchev–Trinajstić information content (AvgIpc) is 2.91. The molecule has 0 fully saturated rings. The van der Waals surface area contributed by atoms with Crippen LogP contribution in [0.4, 0.5) is 5.69 Å². The number of pyridine rings is 3. The van der Waals surface area contributed by atoms with Crippen LogP contribution in [0.5, 0.6) is 0 Å². The molecule has 5 heteroatoms. The third kappa shape index (κ3) is 22.6. The molecule has 0 unspecified atom stereocenters. The molecule has 0 spiro atoms. The SMILES string of the molecule is CC.CC.CC.CC.CC.CC.CC.Cc1ccc2c(c1C)C=CC2.Cc1ccc2c(c1C)CC=C2.Cc1ccc2c(c1C)CC=N2.Cc1ccc2c(c1C)CN=C2.Cc1cnc2c(c1C)CC=C2.Cc1ncc2c(c1C)C=CC2.Cc1ncc2c(c1C)CC=C2. The molecule has 3 aromatic heterocycles. The van der Waals surface area contributed by atoms with Gasteiger partial charge in [-0.3, -0.25) is 24.9 Å². The topological polar surface area (TPSA) is 63.4 Å². The number of allylic oxidation sites excluding steroid dienone is 5. The predicted octanol–water partition coefficient (Wildman–Crippen LogP) is 24.5. The Kier molecular flexibility index (Phi) is 39.3. The number of aliphatic imine (C=N–C) groups is 2. The second kappa shape index (κ2) is 44.0. The molecule has 5 nitrogen and oxygen atoms in total. The summed E-state index contributed by atoms with van der Waals surface area (Å²) in [5.74, 6) is 0. The van der Waals surface area contributed by atoms with Crippen LogP contribution in [0.3, 0.4) is 0 Å². The van der Waals surface area contributed by atoms with Gasteiger partial charge in [-0.1, -0.05) is 194 Å². The summed E-state index contributed by atoms with van der Waals surface area (Å²) in [5.41, 5.74) is 38.2. The maximum atomic E-state index is 4.33. The fourth-order valence-electron chi connectivity index (χ4n) is 10.6. The minimum absolute atomic E-state index is 0.878. The number of hydrogen-bond acceptors (Lipinski definition) is 5. The van der Waals surface area contributed by atoms with Crippen LogP contribution in [0.25, 0.3) is 30.4 Å². The lowest BCUT2D eigenvalue weighted by atomic mass is 9.99. The molecule has 7 aliphatic rings. The summed E-state index contributed by atoms with van der Waals surface area (Å²) < 4.78 is 0. The van der Waals surface area contributed by atoms with Gasteiger partial charge in [0.15, 0.2) is 0 Å². The van der Waals surface area contributed by atoms with E-state index in [1.807, 2.05) is 128 Å². The first-order valence-electron chi connectivity index (χ1n) is 34.6. The molecule has 0 atom stereocenters. The summed E-state index contributed by atoms with van der Waals surface area (Å²) in [6.07, 6.45) is 38.2. The Labute approximate surface area is 557 Å². The molecule has 0 amide bonds. The van der Waals surface area contributed by atoms with Crippen LogP contribution >= 0.6 is 0 Å². The van der Waals surface area contributed by atoms with E-state index in [2.05, 4.69) is 231 Å². The van der Waals surface area contributed by atoms with E-state index >= 15 is 0 Å². The van der Waals surface area contributed by atoms with Gasteiger partial charge in [-0.05, 0) is 275 Å². The maximum Gasteiger partial charge on any atom is 0.0664 e. The van der Waals surface area contributed by atoms with E-state index in [4.69, 9.17) is 0 Å². The van der Waals surface area contributed by atoms with Crippen molar-refractivity contribution in [2.45, 2.75) is 239 Å². The Hall–Kier alpha value is -7.63. The van der Waals surface area contributed by atoms with Gasteiger partial charge in [-0.25, -0.2) is 0 Å². The Morgan fingerprint density at radius 3 is 1.35 bits per heavy atom. The first-order valence-corrected chi connectivity index (χ1v) is 34.6. The first-order chi connectivity index (χ1) is 44.0. The molecule has 5 heterocycles. The molecule has 14 rings (SSSR count). The number of aromatic nitrogens is 3. The second-order valence-electron chi connectivity index (χ2n) is 21.5. The number of hydrogen-bond donors (Lipinski definition) is 0. The fourth-order valence-corrected chi connectivity index (χ4v) is 10.6. The highest BCUT2D eigenvalue weighted by Gasteiger charge is 2.14. The smallest absolute Gasteiger partial charge is 0.0664 e. The van der Waals surface area contributed by atoms with Crippen LogP contribution in [0, 0.1) is 96.9 Å². The van der Waals surface area contributed by atoms with Crippen LogP contribution in [-0.2, 0) is 45.1 Å². The van der Waals surface area contributed by atoms with Gasteiger partial charge in [0.1, 0.15) is 0 Å². The summed E-state index contributed by atoms with van der Waals surface area (Å²) in [4.78, 5) is 21.4. The van der Waals surface area contributed by atoms with E-state index in [1.165, 1.54) is 134 Å². The molecule has 91 heavy (non-hydrogen) atoms. The van der Waals surface area contributed by atoms with Gasteiger partial charge in [-0.15, -0.1) is 0 Å². The van der Waals surface area contributed by atoms with Crippen molar-refractivity contribution >= 4 is 48.5 Å². The summed E-state index contributed by atoms with van der Waals surface area (Å²) >= 11 is 0. The lowest BCUT2D eigenvalue weighted by molar-refractivity contribution is 1.08. The van der Waals surface area contributed by atoms with Crippen molar-refractivity contribution in [1.82, 2.24) is 15.0 Å². The highest BCUT2D eigenvalue weighted by molar-refractivity contribution is 5.85. The van der Waals surface area contributed by atoms with Crippen molar-refractivity contribution in [3.8, 4) is 0 Å². The molecule has 5 aliphatic carbocycles. The zero-order valence-corrected chi connectivity index (χ0v) is 62.5. The van der Waals surface area contributed by atoms with Crippen molar-refractivity contribution in [2.24, 2.45) is 9.98 Å².